The highest BCUT2D eigenvalue weighted by atomic mass is 16.2. The van der Waals surface area contributed by atoms with E-state index in [9.17, 15) is 9.59 Å². The molecule has 2 aromatic rings. The van der Waals surface area contributed by atoms with Gasteiger partial charge in [0, 0.05) is 30.2 Å². The molecule has 2 amide bonds. The van der Waals surface area contributed by atoms with Gasteiger partial charge in [-0.25, -0.2) is 0 Å². The number of carbonyl (C=O) groups is 2. The number of hydrogen-bond acceptors (Lipinski definition) is 4. The lowest BCUT2D eigenvalue weighted by Gasteiger charge is -2.08. The van der Waals surface area contributed by atoms with E-state index >= 15 is 0 Å². The van der Waals surface area contributed by atoms with Crippen LogP contribution in [-0.4, -0.2) is 16.8 Å². The van der Waals surface area contributed by atoms with Crippen molar-refractivity contribution in [3.63, 3.8) is 0 Å². The largest absolute Gasteiger partial charge is 0.351 e. The molecule has 0 spiro atoms. The van der Waals surface area contributed by atoms with Crippen LogP contribution in [0.4, 0.5) is 5.69 Å². The summed E-state index contributed by atoms with van der Waals surface area (Å²) in [5.74, 6) is -0.554. The number of benzene rings is 1. The average molecular weight is 294 g/mol. The number of carbonyl (C=O) groups excluding carboxylic acids is 2. The van der Waals surface area contributed by atoms with E-state index < -0.39 is 0 Å². The van der Waals surface area contributed by atoms with Gasteiger partial charge in [0.25, 0.3) is 5.91 Å². The van der Waals surface area contributed by atoms with E-state index in [1.807, 2.05) is 6.07 Å². The highest BCUT2D eigenvalue weighted by Crippen LogP contribution is 2.12. The molecular formula is C16H14N4O2. The number of pyridine rings is 1. The predicted molar refractivity (Wildman–Crippen MR) is 80.7 cm³/mol. The van der Waals surface area contributed by atoms with Gasteiger partial charge >= 0.3 is 0 Å². The SMILES string of the molecule is N#CCC(=O)NCc1cccc(NC(=O)c2ccncc2)c1. The lowest BCUT2D eigenvalue weighted by atomic mass is 10.2. The molecule has 2 rings (SSSR count). The van der Waals surface area contributed by atoms with Crippen molar-refractivity contribution in [1.82, 2.24) is 10.3 Å². The van der Waals surface area contributed by atoms with Gasteiger partial charge in [0.15, 0.2) is 0 Å². The molecule has 2 N–H and O–H groups in total. The molecular weight excluding hydrogens is 280 g/mol. The Morgan fingerprint density at radius 2 is 1.95 bits per heavy atom. The van der Waals surface area contributed by atoms with Crippen LogP contribution in [0.3, 0.4) is 0 Å². The topological polar surface area (TPSA) is 94.9 Å². The fraction of sp³-hybridized carbons (Fsp3) is 0.125. The van der Waals surface area contributed by atoms with E-state index in [1.165, 1.54) is 0 Å². The standard InChI is InChI=1S/C16H14N4O2/c17-7-4-15(21)19-11-12-2-1-3-14(10-12)20-16(22)13-5-8-18-9-6-13/h1-3,5-6,8-10H,4,11H2,(H,19,21)(H,20,22). The average Bonchev–Trinajstić information content (AvgIpc) is 2.54. The summed E-state index contributed by atoms with van der Waals surface area (Å²) in [6, 6.07) is 12.2. The van der Waals surface area contributed by atoms with Gasteiger partial charge in [-0.1, -0.05) is 12.1 Å². The first-order valence-electron chi connectivity index (χ1n) is 6.63. The quantitative estimate of drug-likeness (QED) is 0.880. The summed E-state index contributed by atoms with van der Waals surface area (Å²) in [6.45, 7) is 0.305. The second kappa shape index (κ2) is 7.55. The van der Waals surface area contributed by atoms with Crippen LogP contribution < -0.4 is 10.6 Å². The van der Waals surface area contributed by atoms with Crippen LogP contribution in [0.1, 0.15) is 22.3 Å². The fourth-order valence-corrected chi connectivity index (χ4v) is 1.80. The Hall–Kier alpha value is -3.20. The van der Waals surface area contributed by atoms with Crippen molar-refractivity contribution in [2.24, 2.45) is 0 Å². The molecule has 0 atom stereocenters. The number of rotatable bonds is 5. The molecule has 0 saturated carbocycles. The Balaban J connectivity index is 1.98. The summed E-state index contributed by atoms with van der Waals surface area (Å²) in [6.07, 6.45) is 2.94. The second-order valence-corrected chi connectivity index (χ2v) is 4.50. The summed E-state index contributed by atoms with van der Waals surface area (Å²) >= 11 is 0. The van der Waals surface area contributed by atoms with Crippen LogP contribution in [0.2, 0.25) is 0 Å². The minimum atomic E-state index is -0.325. The van der Waals surface area contributed by atoms with Crippen molar-refractivity contribution < 1.29 is 9.59 Å². The van der Waals surface area contributed by atoms with E-state index in [2.05, 4.69) is 15.6 Å². The Labute approximate surface area is 127 Å². The van der Waals surface area contributed by atoms with Gasteiger partial charge in [-0.3, -0.25) is 14.6 Å². The normalized spacial score (nSPS) is 9.59. The Kier molecular flexibility index (Phi) is 5.21. The Morgan fingerprint density at radius 3 is 2.68 bits per heavy atom. The molecule has 0 fully saturated rings. The van der Waals surface area contributed by atoms with Crippen molar-refractivity contribution in [2.45, 2.75) is 13.0 Å². The molecule has 110 valence electrons. The Morgan fingerprint density at radius 1 is 1.18 bits per heavy atom. The van der Waals surface area contributed by atoms with Crippen molar-refractivity contribution in [3.8, 4) is 6.07 Å². The summed E-state index contributed by atoms with van der Waals surface area (Å²) in [7, 11) is 0. The van der Waals surface area contributed by atoms with Crippen molar-refractivity contribution >= 4 is 17.5 Å². The maximum Gasteiger partial charge on any atom is 0.255 e. The smallest absolute Gasteiger partial charge is 0.255 e. The molecule has 0 unspecified atom stereocenters. The second-order valence-electron chi connectivity index (χ2n) is 4.50. The monoisotopic (exact) mass is 294 g/mol. The van der Waals surface area contributed by atoms with Crippen LogP contribution >= 0.6 is 0 Å². The van der Waals surface area contributed by atoms with Gasteiger partial charge in [-0.2, -0.15) is 5.26 Å². The molecule has 0 saturated heterocycles. The van der Waals surface area contributed by atoms with E-state index in [0.29, 0.717) is 17.8 Å². The summed E-state index contributed by atoms with van der Waals surface area (Å²) in [4.78, 5) is 27.1. The van der Waals surface area contributed by atoms with Crippen molar-refractivity contribution in [1.29, 1.82) is 5.26 Å². The molecule has 1 aromatic heterocycles. The van der Waals surface area contributed by atoms with E-state index in [0.717, 1.165) is 5.56 Å². The van der Waals surface area contributed by atoms with Gasteiger partial charge in [0.05, 0.1) is 6.07 Å². The van der Waals surface area contributed by atoms with Gasteiger partial charge in [0.1, 0.15) is 6.42 Å². The number of nitrogens with zero attached hydrogens (tertiary/aromatic N) is 2. The van der Waals surface area contributed by atoms with Crippen molar-refractivity contribution in [2.75, 3.05) is 5.32 Å². The van der Waals surface area contributed by atoms with E-state index in [1.54, 1.807) is 48.8 Å². The molecule has 1 heterocycles. The fourth-order valence-electron chi connectivity index (χ4n) is 1.80. The molecule has 0 radical (unpaired) electrons. The summed E-state index contributed by atoms with van der Waals surface area (Å²) in [5, 5.41) is 13.8. The molecule has 1 aromatic carbocycles. The van der Waals surface area contributed by atoms with Crippen LogP contribution in [-0.2, 0) is 11.3 Å². The number of hydrogen-bond donors (Lipinski definition) is 2. The molecule has 6 nitrogen and oxygen atoms in total. The van der Waals surface area contributed by atoms with Crippen LogP contribution in [0.5, 0.6) is 0 Å². The zero-order valence-electron chi connectivity index (χ0n) is 11.7. The minimum Gasteiger partial charge on any atom is -0.351 e. The maximum absolute atomic E-state index is 12.0. The number of nitrogens with one attached hydrogen (secondary N) is 2. The van der Waals surface area contributed by atoms with E-state index in [-0.39, 0.29) is 18.2 Å². The maximum atomic E-state index is 12.0. The molecule has 0 aliphatic carbocycles. The highest BCUT2D eigenvalue weighted by molar-refractivity contribution is 6.04. The highest BCUT2D eigenvalue weighted by Gasteiger charge is 2.06. The first-order valence-corrected chi connectivity index (χ1v) is 6.63. The van der Waals surface area contributed by atoms with Gasteiger partial charge < -0.3 is 10.6 Å². The zero-order valence-corrected chi connectivity index (χ0v) is 11.7. The van der Waals surface area contributed by atoms with Gasteiger partial charge in [0.2, 0.25) is 5.91 Å². The van der Waals surface area contributed by atoms with Gasteiger partial charge in [-0.05, 0) is 29.8 Å². The summed E-state index contributed by atoms with van der Waals surface area (Å²) in [5.41, 5.74) is 1.98. The third-order valence-electron chi connectivity index (χ3n) is 2.86. The molecule has 0 aliphatic rings. The molecule has 22 heavy (non-hydrogen) atoms. The molecule has 6 heteroatoms. The third-order valence-corrected chi connectivity index (χ3v) is 2.86. The molecule has 0 bridgehead atoms. The minimum absolute atomic E-state index is 0.168. The number of amides is 2. The van der Waals surface area contributed by atoms with Crippen LogP contribution in [0.25, 0.3) is 0 Å². The lowest BCUT2D eigenvalue weighted by Crippen LogP contribution is -2.21. The first kappa shape index (κ1) is 15.2. The van der Waals surface area contributed by atoms with E-state index in [4.69, 9.17) is 5.26 Å². The summed E-state index contributed by atoms with van der Waals surface area (Å²) < 4.78 is 0. The molecule has 0 aliphatic heterocycles. The van der Waals surface area contributed by atoms with Crippen LogP contribution in [0.15, 0.2) is 48.8 Å². The lowest BCUT2D eigenvalue weighted by molar-refractivity contribution is -0.120. The third kappa shape index (κ3) is 4.42. The predicted octanol–water partition coefficient (Wildman–Crippen LogP) is 1.86. The van der Waals surface area contributed by atoms with Gasteiger partial charge in [-0.15, -0.1) is 0 Å². The number of anilines is 1. The number of nitriles is 1. The van der Waals surface area contributed by atoms with Crippen molar-refractivity contribution in [3.05, 3.63) is 59.9 Å². The number of aromatic nitrogens is 1. The Bertz CT molecular complexity index is 708. The first-order chi connectivity index (χ1) is 10.7. The zero-order chi connectivity index (χ0) is 15.8. The van der Waals surface area contributed by atoms with Crippen LogP contribution in [0, 0.1) is 11.3 Å².